The molecule has 2 heterocycles. The minimum absolute atomic E-state index is 0.0761. The van der Waals surface area contributed by atoms with Crippen molar-refractivity contribution in [1.82, 2.24) is 15.2 Å². The van der Waals surface area contributed by atoms with Gasteiger partial charge in [0.2, 0.25) is 5.88 Å². The molecule has 1 aliphatic rings. The largest absolute Gasteiger partial charge is 0.472 e. The molecule has 7 heteroatoms. The Morgan fingerprint density at radius 3 is 2.92 bits per heavy atom. The number of urea groups is 1. The first-order chi connectivity index (χ1) is 11.6. The van der Waals surface area contributed by atoms with Crippen molar-refractivity contribution < 1.29 is 13.9 Å². The Morgan fingerprint density at radius 2 is 2.17 bits per heavy atom. The van der Waals surface area contributed by atoms with Crippen LogP contribution in [-0.4, -0.2) is 35.1 Å². The number of benzene rings is 1. The number of likely N-dealkylation sites (tertiary alicyclic amines) is 1. The van der Waals surface area contributed by atoms with Gasteiger partial charge in [-0.15, -0.1) is 0 Å². The van der Waals surface area contributed by atoms with Crippen molar-refractivity contribution in [3.8, 4) is 5.88 Å². The number of rotatable bonds is 4. The number of hydrogen-bond acceptors (Lipinski definition) is 3. The normalized spacial score (nSPS) is 16.9. The highest BCUT2D eigenvalue weighted by Gasteiger charge is 2.28. The maximum Gasteiger partial charge on any atom is 0.317 e. The SMILES string of the molecule is O=C(NCc1ccc(F)cc1)N1CCC(Oc2ncccc2Br)C1. The molecule has 1 atom stereocenters. The molecule has 2 aromatic rings. The highest BCUT2D eigenvalue weighted by atomic mass is 79.9. The van der Waals surface area contributed by atoms with Gasteiger partial charge in [0, 0.05) is 25.7 Å². The molecule has 0 radical (unpaired) electrons. The van der Waals surface area contributed by atoms with Crippen molar-refractivity contribution in [3.63, 3.8) is 0 Å². The molecule has 1 saturated heterocycles. The van der Waals surface area contributed by atoms with Crippen LogP contribution < -0.4 is 10.1 Å². The molecule has 3 rings (SSSR count). The summed E-state index contributed by atoms with van der Waals surface area (Å²) in [6, 6.07) is 9.61. The van der Waals surface area contributed by atoms with E-state index in [1.54, 1.807) is 23.2 Å². The molecule has 1 unspecified atom stereocenters. The predicted octanol–water partition coefficient (Wildman–Crippen LogP) is 3.35. The van der Waals surface area contributed by atoms with Gasteiger partial charge in [-0.05, 0) is 45.8 Å². The van der Waals surface area contributed by atoms with Gasteiger partial charge in [-0.1, -0.05) is 12.1 Å². The van der Waals surface area contributed by atoms with Crippen LogP contribution in [0.5, 0.6) is 5.88 Å². The lowest BCUT2D eigenvalue weighted by molar-refractivity contribution is 0.182. The number of nitrogens with one attached hydrogen (secondary N) is 1. The van der Waals surface area contributed by atoms with E-state index in [0.717, 1.165) is 16.5 Å². The monoisotopic (exact) mass is 393 g/mol. The summed E-state index contributed by atoms with van der Waals surface area (Å²) in [6.45, 7) is 1.51. The predicted molar refractivity (Wildman–Crippen MR) is 91.2 cm³/mol. The van der Waals surface area contributed by atoms with E-state index < -0.39 is 0 Å². The second-order valence-electron chi connectivity index (χ2n) is 5.55. The Bertz CT molecular complexity index is 711. The van der Waals surface area contributed by atoms with Crippen LogP contribution in [0.1, 0.15) is 12.0 Å². The van der Waals surface area contributed by atoms with Crippen molar-refractivity contribution in [1.29, 1.82) is 0 Å². The van der Waals surface area contributed by atoms with E-state index in [0.29, 0.717) is 25.5 Å². The number of aromatic nitrogens is 1. The summed E-state index contributed by atoms with van der Waals surface area (Å²) in [5, 5.41) is 2.84. The number of hydrogen-bond donors (Lipinski definition) is 1. The van der Waals surface area contributed by atoms with E-state index in [4.69, 9.17) is 4.74 Å². The summed E-state index contributed by atoms with van der Waals surface area (Å²) >= 11 is 3.40. The van der Waals surface area contributed by atoms with E-state index in [1.165, 1.54) is 12.1 Å². The molecule has 0 aliphatic carbocycles. The van der Waals surface area contributed by atoms with Crippen LogP contribution in [0.25, 0.3) is 0 Å². The van der Waals surface area contributed by atoms with E-state index in [9.17, 15) is 9.18 Å². The van der Waals surface area contributed by atoms with Gasteiger partial charge >= 0.3 is 6.03 Å². The zero-order chi connectivity index (χ0) is 16.9. The Morgan fingerprint density at radius 1 is 1.38 bits per heavy atom. The maximum atomic E-state index is 12.9. The molecule has 2 amide bonds. The summed E-state index contributed by atoms with van der Waals surface area (Å²) in [7, 11) is 0. The number of nitrogens with zero attached hydrogens (tertiary/aromatic N) is 2. The molecule has 0 saturated carbocycles. The van der Waals surface area contributed by atoms with Crippen molar-refractivity contribution in [2.75, 3.05) is 13.1 Å². The van der Waals surface area contributed by atoms with Gasteiger partial charge in [0.25, 0.3) is 0 Å². The van der Waals surface area contributed by atoms with Crippen molar-refractivity contribution in [3.05, 3.63) is 58.4 Å². The summed E-state index contributed by atoms with van der Waals surface area (Å²) < 4.78 is 19.5. The minimum atomic E-state index is -0.287. The second-order valence-corrected chi connectivity index (χ2v) is 6.40. The molecule has 1 aromatic carbocycles. The summed E-state index contributed by atoms with van der Waals surface area (Å²) in [5.41, 5.74) is 0.856. The van der Waals surface area contributed by atoms with Gasteiger partial charge in [0.1, 0.15) is 11.9 Å². The first-order valence-corrected chi connectivity index (χ1v) is 8.45. The van der Waals surface area contributed by atoms with Crippen LogP contribution in [0.3, 0.4) is 0 Å². The first kappa shape index (κ1) is 16.7. The number of carbonyl (C=O) groups excluding carboxylic acids is 1. The molecule has 1 aromatic heterocycles. The molecular weight excluding hydrogens is 377 g/mol. The van der Waals surface area contributed by atoms with E-state index >= 15 is 0 Å². The van der Waals surface area contributed by atoms with Crippen LogP contribution in [0.2, 0.25) is 0 Å². The lowest BCUT2D eigenvalue weighted by atomic mass is 10.2. The number of amides is 2. The fourth-order valence-electron chi connectivity index (χ4n) is 2.52. The number of carbonyl (C=O) groups is 1. The smallest absolute Gasteiger partial charge is 0.317 e. The van der Waals surface area contributed by atoms with Gasteiger partial charge in [0.15, 0.2) is 0 Å². The quantitative estimate of drug-likeness (QED) is 0.866. The number of pyridine rings is 1. The van der Waals surface area contributed by atoms with Crippen LogP contribution in [-0.2, 0) is 6.54 Å². The number of ether oxygens (including phenoxy) is 1. The highest BCUT2D eigenvalue weighted by molar-refractivity contribution is 9.10. The van der Waals surface area contributed by atoms with Crippen molar-refractivity contribution in [2.24, 2.45) is 0 Å². The summed E-state index contributed by atoms with van der Waals surface area (Å²) in [5.74, 6) is 0.251. The molecule has 126 valence electrons. The van der Waals surface area contributed by atoms with Gasteiger partial charge in [-0.25, -0.2) is 14.2 Å². The molecule has 1 fully saturated rings. The average molecular weight is 394 g/mol. The van der Waals surface area contributed by atoms with Crippen LogP contribution in [0.4, 0.5) is 9.18 Å². The third-order valence-corrected chi connectivity index (χ3v) is 4.40. The Labute approximate surface area is 148 Å². The topological polar surface area (TPSA) is 54.5 Å². The molecule has 5 nitrogen and oxygen atoms in total. The van der Waals surface area contributed by atoms with Crippen LogP contribution in [0, 0.1) is 5.82 Å². The van der Waals surface area contributed by atoms with E-state index in [-0.39, 0.29) is 18.0 Å². The Kier molecular flexibility index (Phi) is 5.30. The second kappa shape index (κ2) is 7.61. The standard InChI is InChI=1S/C17H17BrFN3O2/c18-15-2-1-8-20-16(15)24-14-7-9-22(11-14)17(23)21-10-12-3-5-13(19)6-4-12/h1-6,8,14H,7,9-11H2,(H,21,23). The van der Waals surface area contributed by atoms with Crippen molar-refractivity contribution in [2.45, 2.75) is 19.1 Å². The fourth-order valence-corrected chi connectivity index (χ4v) is 2.86. The van der Waals surface area contributed by atoms with E-state index in [1.807, 2.05) is 12.1 Å². The Balaban J connectivity index is 1.49. The molecule has 0 bridgehead atoms. The molecule has 1 N–H and O–H groups in total. The zero-order valence-electron chi connectivity index (χ0n) is 12.9. The average Bonchev–Trinajstić information content (AvgIpc) is 3.05. The van der Waals surface area contributed by atoms with Crippen LogP contribution in [0.15, 0.2) is 47.1 Å². The van der Waals surface area contributed by atoms with Crippen LogP contribution >= 0.6 is 15.9 Å². The fraction of sp³-hybridized carbons (Fsp3) is 0.294. The summed E-state index contributed by atoms with van der Waals surface area (Å²) in [6.07, 6.45) is 2.35. The first-order valence-electron chi connectivity index (χ1n) is 7.66. The van der Waals surface area contributed by atoms with Gasteiger partial charge < -0.3 is 15.0 Å². The minimum Gasteiger partial charge on any atom is -0.472 e. The number of halogens is 2. The summed E-state index contributed by atoms with van der Waals surface area (Å²) in [4.78, 5) is 18.1. The molecule has 0 spiro atoms. The lowest BCUT2D eigenvalue weighted by Gasteiger charge is -2.18. The zero-order valence-corrected chi connectivity index (χ0v) is 14.5. The van der Waals surface area contributed by atoms with E-state index in [2.05, 4.69) is 26.2 Å². The molecule has 1 aliphatic heterocycles. The lowest BCUT2D eigenvalue weighted by Crippen LogP contribution is -2.39. The van der Waals surface area contributed by atoms with Gasteiger partial charge in [-0.2, -0.15) is 0 Å². The third kappa shape index (κ3) is 4.23. The maximum absolute atomic E-state index is 12.9. The highest BCUT2D eigenvalue weighted by Crippen LogP contribution is 2.24. The molecule has 24 heavy (non-hydrogen) atoms. The van der Waals surface area contributed by atoms with Gasteiger partial charge in [-0.3, -0.25) is 0 Å². The van der Waals surface area contributed by atoms with Crippen molar-refractivity contribution >= 4 is 22.0 Å². The van der Waals surface area contributed by atoms with Gasteiger partial charge in [0.05, 0.1) is 11.0 Å². The Hall–Kier alpha value is -2.15. The third-order valence-electron chi connectivity index (χ3n) is 3.79. The molecular formula is C17H17BrFN3O2.